The zero-order valence-corrected chi connectivity index (χ0v) is 55.7. The van der Waals surface area contributed by atoms with Crippen LogP contribution in [0.5, 0.6) is 23.3 Å². The molecule has 10 rings (SSSR count). The van der Waals surface area contributed by atoms with Gasteiger partial charge in [-0.15, -0.1) is 0 Å². The molecular weight excluding hydrogens is 1310 g/mol. The van der Waals surface area contributed by atoms with Gasteiger partial charge < -0.3 is 58.4 Å². The van der Waals surface area contributed by atoms with E-state index in [1.54, 1.807) is 62.3 Å². The third-order valence-electron chi connectivity index (χ3n) is 18.0. The van der Waals surface area contributed by atoms with Crippen LogP contribution in [0.4, 0.5) is 44.7 Å². The van der Waals surface area contributed by atoms with E-state index in [0.717, 1.165) is 12.1 Å². The summed E-state index contributed by atoms with van der Waals surface area (Å²) < 4.78 is 148. The molecule has 12 atom stereocenters. The molecule has 6 heterocycles. The second-order valence-electron chi connectivity index (χ2n) is 26.7. The van der Waals surface area contributed by atoms with Crippen molar-refractivity contribution in [3.8, 4) is 23.3 Å². The molecule has 2 aliphatic carbocycles. The Bertz CT molecular complexity index is 3370. The monoisotopic (exact) mass is 1390 g/mol. The Hall–Kier alpha value is -6.25. The van der Waals surface area contributed by atoms with Gasteiger partial charge in [-0.25, -0.2) is 42.1 Å². The van der Waals surface area contributed by atoms with Gasteiger partial charge in [-0.1, -0.05) is 93.2 Å². The van der Waals surface area contributed by atoms with Crippen LogP contribution in [0.3, 0.4) is 0 Å². The summed E-state index contributed by atoms with van der Waals surface area (Å²) in [6.07, 6.45) is 2.83. The standard InChI is InChI=1S/C32H39F4N4O6.C31H37F4N4O6.2V/c1-6-19-22(16-41)40-15-23(19)45-26-24(37-20-11-10-18(44-28(33)34)13-21(20)38-26)32(35,36)12-8-7-9-17-14-31(17,5)46-29(43)39-25(27(40)42)30(2,3)4;1-5-18-21(15-40)39-14-23(18)44-26-24(36-19-10-9-17(43-28(32)33)13-20(19)37-26)31(34,35)11-7-6-8-16-12-22(16)45-29(42)38-25(27(39)41)30(2,3)4;;/h10-11,13,17,19,22-23,25,28H,6-9,12,14-15H2,1-5H3,(H,39,43);9-10,13,16,18,21-23,25,28H,5-8,11-12,14H2,1-4H3,(H,38,42);;/q2*-1;;/t17-,19+,22-,23+,25-,31-;16-,18+,21-,22-,23+,25-;;/m11../s1. The van der Waals surface area contributed by atoms with Crippen molar-refractivity contribution in [2.24, 2.45) is 34.5 Å². The molecule has 93 heavy (non-hydrogen) atoms. The predicted molar refractivity (Wildman–Crippen MR) is 310 cm³/mol. The van der Waals surface area contributed by atoms with E-state index in [4.69, 9.17) is 18.9 Å². The molecule has 2 saturated heterocycles. The second kappa shape index (κ2) is 29.4. The first-order valence-corrected chi connectivity index (χ1v) is 30.7. The molecule has 0 unspecified atom stereocenters. The van der Waals surface area contributed by atoms with Crippen molar-refractivity contribution in [3.63, 3.8) is 0 Å². The first-order chi connectivity index (χ1) is 42.8. The number of hydrogen-bond acceptors (Lipinski definition) is 16. The molecule has 2 saturated carbocycles. The minimum absolute atomic E-state index is 0. The third-order valence-corrected chi connectivity index (χ3v) is 18.0. The fourth-order valence-corrected chi connectivity index (χ4v) is 12.7. The molecule has 6 aliphatic rings. The second-order valence-corrected chi connectivity index (χ2v) is 26.7. The Morgan fingerprint density at radius 3 is 1.45 bits per heavy atom. The molecule has 4 bridgehead atoms. The average molecular weight is 1390 g/mol. The van der Waals surface area contributed by atoms with E-state index in [9.17, 15) is 46.3 Å². The summed E-state index contributed by atoms with van der Waals surface area (Å²) >= 11 is 0. The quantitative estimate of drug-likeness (QED) is 0.123. The molecule has 508 valence electrons. The number of ether oxygens (including phenoxy) is 6. The van der Waals surface area contributed by atoms with Gasteiger partial charge in [0.05, 0.1) is 35.2 Å². The van der Waals surface area contributed by atoms with E-state index in [-0.39, 0.29) is 115 Å². The smallest absolute Gasteiger partial charge is 0.408 e. The molecule has 2 aromatic carbocycles. The Morgan fingerprint density at radius 1 is 0.613 bits per heavy atom. The van der Waals surface area contributed by atoms with Crippen molar-refractivity contribution in [1.82, 2.24) is 40.4 Å². The van der Waals surface area contributed by atoms with Crippen molar-refractivity contribution < 1.29 is 129 Å². The molecule has 4 aliphatic heterocycles. The first-order valence-electron chi connectivity index (χ1n) is 30.7. The largest absolute Gasteiger partial charge is 0.540 e. The maximum absolute atomic E-state index is 15.9. The molecule has 30 heteroatoms. The maximum Gasteiger partial charge on any atom is 0.408 e. The number of alkyl halides is 8. The third kappa shape index (κ3) is 17.1. The van der Waals surface area contributed by atoms with E-state index < -0.39 is 150 Å². The van der Waals surface area contributed by atoms with Crippen LogP contribution in [-0.2, 0) is 77.6 Å². The Labute approximate surface area is 556 Å². The van der Waals surface area contributed by atoms with Gasteiger partial charge in [0.15, 0.2) is 11.4 Å². The zero-order valence-electron chi connectivity index (χ0n) is 52.9. The molecule has 4 amide bonds. The van der Waals surface area contributed by atoms with Crippen LogP contribution >= 0.6 is 0 Å². The van der Waals surface area contributed by atoms with Crippen LogP contribution in [0.1, 0.15) is 151 Å². The van der Waals surface area contributed by atoms with Crippen molar-refractivity contribution in [3.05, 3.63) is 47.8 Å². The molecule has 4 aromatic rings. The van der Waals surface area contributed by atoms with Crippen LogP contribution in [0, 0.1) is 34.5 Å². The van der Waals surface area contributed by atoms with E-state index in [0.29, 0.717) is 51.4 Å². The van der Waals surface area contributed by atoms with Gasteiger partial charge in [0.1, 0.15) is 47.5 Å². The summed E-state index contributed by atoms with van der Waals surface area (Å²) in [6, 6.07) is 2.81. The van der Waals surface area contributed by atoms with Crippen LogP contribution in [-0.4, -0.2) is 141 Å². The summed E-state index contributed by atoms with van der Waals surface area (Å²) in [5, 5.41) is 5.39. The SMILES string of the molecule is CC[C@@H]1[C@@H]2CN(C(=O)[C@H](C(C)(C)C)NC(=O)O[C@@H]3C[C@H]3CCCCC(F)(F)c3nc4ccc(OC(F)F)cc4nc3O2)[C@@H]1[C-]=O.CC[C@@H]1[C@@H]2CN(C(=O)[C@H](C(C)(C)C)NC(=O)O[C@]3(C)C[C@H]3CCCCC(F)(F)c3nc4ccc(OC(F)F)cc4nc3O2)[C@@H]1[C-]=O.[V].[V]. The van der Waals surface area contributed by atoms with Gasteiger partial charge in [-0.2, -0.15) is 35.1 Å². The number of nitrogens with zero attached hydrogens (tertiary/aromatic N) is 6. The molecular formula is C63H76F8N8O12V2-2. The van der Waals surface area contributed by atoms with Crippen LogP contribution < -0.4 is 29.6 Å². The summed E-state index contributed by atoms with van der Waals surface area (Å²) in [6.45, 7) is 9.23. The number of halogens is 8. The summed E-state index contributed by atoms with van der Waals surface area (Å²) in [5.74, 6) is -11.0. The van der Waals surface area contributed by atoms with Gasteiger partial charge in [-0.3, -0.25) is 9.59 Å². The van der Waals surface area contributed by atoms with Gasteiger partial charge in [-0.05, 0) is 98.3 Å². The molecule has 2 radical (unpaired) electrons. The van der Waals surface area contributed by atoms with Gasteiger partial charge in [0.25, 0.3) is 11.8 Å². The van der Waals surface area contributed by atoms with Crippen LogP contribution in [0.2, 0.25) is 0 Å². The number of fused-ring (bicyclic) bond motifs is 10. The fourth-order valence-electron chi connectivity index (χ4n) is 12.7. The Kier molecular flexibility index (Phi) is 23.4. The van der Waals surface area contributed by atoms with E-state index in [1.807, 2.05) is 12.6 Å². The van der Waals surface area contributed by atoms with Crippen LogP contribution in [0.25, 0.3) is 22.1 Å². The van der Waals surface area contributed by atoms with Gasteiger partial charge >= 0.3 is 25.4 Å². The van der Waals surface area contributed by atoms with E-state index in [1.165, 1.54) is 34.1 Å². The van der Waals surface area contributed by atoms with Crippen molar-refractivity contribution >= 4 is 58.6 Å². The van der Waals surface area contributed by atoms with Crippen LogP contribution in [0.15, 0.2) is 36.4 Å². The Balaban J connectivity index is 0.000000258. The van der Waals surface area contributed by atoms with Crippen molar-refractivity contribution in [1.29, 1.82) is 0 Å². The van der Waals surface area contributed by atoms with E-state index in [2.05, 4.69) is 40.0 Å². The van der Waals surface area contributed by atoms with Gasteiger partial charge in [0, 0.05) is 68.0 Å². The summed E-state index contributed by atoms with van der Waals surface area (Å²) in [7, 11) is 0. The normalized spacial score (nSPS) is 29.0. The van der Waals surface area contributed by atoms with Crippen molar-refractivity contribution in [2.45, 2.75) is 213 Å². The first kappa shape index (κ1) is 74.1. The number of carbonyl (C=O) groups is 4. The summed E-state index contributed by atoms with van der Waals surface area (Å²) in [4.78, 5) is 97.9. The summed E-state index contributed by atoms with van der Waals surface area (Å²) in [5.41, 5.74) is -3.81. The number of aromatic nitrogens is 4. The predicted octanol–water partition coefficient (Wildman–Crippen LogP) is 11.4. The number of amides is 4. The maximum atomic E-state index is 15.9. The van der Waals surface area contributed by atoms with Crippen molar-refractivity contribution in [2.75, 3.05) is 13.1 Å². The Morgan fingerprint density at radius 2 is 1.04 bits per heavy atom. The van der Waals surface area contributed by atoms with E-state index >= 15 is 17.6 Å². The molecule has 2 aromatic heterocycles. The topological polar surface area (TPSA) is 240 Å². The van der Waals surface area contributed by atoms with Gasteiger partial charge in [0.2, 0.25) is 23.6 Å². The number of alkyl carbamates (subject to hydrolysis) is 2. The number of carbonyl (C=O) groups excluding carboxylic acids is 6. The minimum Gasteiger partial charge on any atom is -0.540 e. The fraction of sp³-hybridized carbons (Fsp3) is 0.651. The zero-order chi connectivity index (χ0) is 66.3. The number of nitrogens with one attached hydrogen (secondary N) is 2. The average Bonchev–Trinajstić information content (AvgIpc) is 1.78. The number of hydrogen-bond donors (Lipinski definition) is 2. The number of benzene rings is 2. The molecule has 4 fully saturated rings. The molecule has 2 N–H and O–H groups in total. The minimum atomic E-state index is -3.49. The molecule has 0 spiro atoms. The number of rotatable bonds is 8. The molecule has 20 nitrogen and oxygen atoms in total.